The molecule has 0 saturated carbocycles. The predicted molar refractivity (Wildman–Crippen MR) is 110 cm³/mol. The Bertz CT molecular complexity index is 1050. The summed E-state index contributed by atoms with van der Waals surface area (Å²) < 4.78 is 40.1. The lowest BCUT2D eigenvalue weighted by molar-refractivity contribution is -0.137. The molecular formula is C19H15Cl2F3N4OS. The van der Waals surface area contributed by atoms with E-state index in [2.05, 4.69) is 0 Å². The van der Waals surface area contributed by atoms with Gasteiger partial charge in [0.05, 0.1) is 37.4 Å². The van der Waals surface area contributed by atoms with Crippen LogP contribution in [0, 0.1) is 10.8 Å². The van der Waals surface area contributed by atoms with Crippen LogP contribution in [-0.4, -0.2) is 46.0 Å². The van der Waals surface area contributed by atoms with Crippen molar-refractivity contribution in [1.82, 2.24) is 9.80 Å². The summed E-state index contributed by atoms with van der Waals surface area (Å²) in [5.41, 5.74) is -1.29. The maximum absolute atomic E-state index is 13.2. The van der Waals surface area contributed by atoms with Crippen LogP contribution in [0.5, 0.6) is 0 Å². The van der Waals surface area contributed by atoms with E-state index in [9.17, 15) is 18.0 Å². The van der Waals surface area contributed by atoms with E-state index in [1.165, 1.54) is 27.2 Å². The second-order valence-corrected chi connectivity index (χ2v) is 9.17. The van der Waals surface area contributed by atoms with Gasteiger partial charge in [0, 0.05) is 6.54 Å². The molecule has 2 aromatic rings. The molecule has 0 radical (unpaired) electrons. The van der Waals surface area contributed by atoms with Crippen molar-refractivity contribution in [3.8, 4) is 0 Å². The lowest BCUT2D eigenvalue weighted by Crippen LogP contribution is -2.60. The quantitative estimate of drug-likeness (QED) is 0.453. The molecular weight excluding hydrogens is 460 g/mol. The van der Waals surface area contributed by atoms with Crippen molar-refractivity contribution in [3.63, 3.8) is 0 Å². The summed E-state index contributed by atoms with van der Waals surface area (Å²) in [6, 6.07) is 5.66. The van der Waals surface area contributed by atoms with E-state index in [-0.39, 0.29) is 29.8 Å². The molecule has 5 nitrogen and oxygen atoms in total. The van der Waals surface area contributed by atoms with Gasteiger partial charge in [-0.2, -0.15) is 13.2 Å². The first-order valence-corrected chi connectivity index (χ1v) is 10.6. The van der Waals surface area contributed by atoms with Gasteiger partial charge in [0.2, 0.25) is 0 Å². The lowest BCUT2D eigenvalue weighted by atomic mass is 10.1. The second kappa shape index (κ2) is 7.55. The zero-order valence-electron chi connectivity index (χ0n) is 15.3. The monoisotopic (exact) mass is 474 g/mol. The first kappa shape index (κ1) is 21.1. The molecule has 158 valence electrons. The average Bonchev–Trinajstić information content (AvgIpc) is 3.26. The summed E-state index contributed by atoms with van der Waals surface area (Å²) >= 11 is 13.1. The Balaban J connectivity index is 1.62. The summed E-state index contributed by atoms with van der Waals surface area (Å²) in [6.07, 6.45) is -3.58. The fourth-order valence-electron chi connectivity index (χ4n) is 3.97. The first-order valence-electron chi connectivity index (χ1n) is 8.98. The zero-order chi connectivity index (χ0) is 21.8. The Kier molecular flexibility index (Phi) is 5.32. The van der Waals surface area contributed by atoms with E-state index in [4.69, 9.17) is 34.0 Å². The normalized spacial score (nSPS) is 21.3. The van der Waals surface area contributed by atoms with Crippen LogP contribution >= 0.6 is 34.5 Å². The molecule has 2 N–H and O–H groups in total. The number of amidine groups is 2. The van der Waals surface area contributed by atoms with Crippen molar-refractivity contribution < 1.29 is 18.0 Å². The van der Waals surface area contributed by atoms with Crippen LogP contribution < -0.4 is 0 Å². The third-order valence-electron chi connectivity index (χ3n) is 5.35. The summed E-state index contributed by atoms with van der Waals surface area (Å²) in [5.74, 6) is -0.443. The summed E-state index contributed by atoms with van der Waals surface area (Å²) in [4.78, 5) is 16.7. The second-order valence-electron chi connectivity index (χ2n) is 7.07. The van der Waals surface area contributed by atoms with Crippen LogP contribution in [0.4, 0.5) is 13.2 Å². The number of likely N-dealkylation sites (tertiary alicyclic amines) is 1. The maximum atomic E-state index is 13.2. The fraction of sp³-hybridized carbons (Fsp3) is 0.316. The largest absolute Gasteiger partial charge is 0.417 e. The molecule has 2 fully saturated rings. The third-order valence-corrected chi connectivity index (χ3v) is 6.99. The molecule has 2 aliphatic heterocycles. The Hall–Kier alpha value is -2.10. The van der Waals surface area contributed by atoms with E-state index in [1.807, 2.05) is 0 Å². The van der Waals surface area contributed by atoms with Gasteiger partial charge in [0.1, 0.15) is 11.7 Å². The molecule has 11 heteroatoms. The predicted octanol–water partition coefficient (Wildman–Crippen LogP) is 5.37. The van der Waals surface area contributed by atoms with E-state index in [0.717, 1.165) is 12.1 Å². The zero-order valence-corrected chi connectivity index (χ0v) is 17.6. The molecule has 2 saturated heterocycles. The SMILES string of the molecule is N=C(c1ccc(Cl)s1)N1CC2CCC(C1=N)N2C(=O)c1cccc(C(F)(F)F)c1Cl. The van der Waals surface area contributed by atoms with Crippen molar-refractivity contribution in [3.05, 3.63) is 55.7 Å². The highest BCUT2D eigenvalue weighted by Gasteiger charge is 2.48. The number of rotatable bonds is 2. The molecule has 2 aliphatic rings. The van der Waals surface area contributed by atoms with Crippen molar-refractivity contribution in [2.24, 2.45) is 0 Å². The highest BCUT2D eigenvalue weighted by molar-refractivity contribution is 7.18. The van der Waals surface area contributed by atoms with Crippen LogP contribution in [0.1, 0.15) is 33.6 Å². The number of thiophene rings is 1. The average molecular weight is 475 g/mol. The molecule has 1 aromatic carbocycles. The molecule has 2 bridgehead atoms. The van der Waals surface area contributed by atoms with Crippen LogP contribution in [0.15, 0.2) is 30.3 Å². The van der Waals surface area contributed by atoms with Crippen molar-refractivity contribution >= 4 is 52.1 Å². The lowest BCUT2D eigenvalue weighted by Gasteiger charge is -2.42. The fourth-order valence-corrected chi connectivity index (χ4v) is 5.28. The number of nitrogens with zero attached hydrogens (tertiary/aromatic N) is 2. The molecule has 30 heavy (non-hydrogen) atoms. The van der Waals surface area contributed by atoms with Crippen LogP contribution in [-0.2, 0) is 6.18 Å². The van der Waals surface area contributed by atoms with E-state index < -0.39 is 28.7 Å². The Morgan fingerprint density at radius 3 is 2.53 bits per heavy atom. The number of hydrogen-bond acceptors (Lipinski definition) is 4. The number of benzene rings is 1. The van der Waals surface area contributed by atoms with E-state index in [0.29, 0.717) is 22.1 Å². The Morgan fingerprint density at radius 2 is 1.90 bits per heavy atom. The van der Waals surface area contributed by atoms with Gasteiger partial charge < -0.3 is 9.80 Å². The number of halogens is 5. The molecule has 0 aliphatic carbocycles. The molecule has 3 heterocycles. The standard InChI is InChI=1S/C19H15Cl2F3N4OS/c20-14-7-6-13(30-14)17(26)27-8-9-4-5-12(16(27)25)28(9)18(29)10-2-1-3-11(15(10)21)19(22,23)24/h1-3,6-7,9,12,25-26H,4-5,8H2. The number of piperazine rings is 1. The van der Waals surface area contributed by atoms with Gasteiger partial charge in [0.25, 0.3) is 5.91 Å². The van der Waals surface area contributed by atoms with E-state index >= 15 is 0 Å². The van der Waals surface area contributed by atoms with Crippen LogP contribution in [0.25, 0.3) is 0 Å². The third kappa shape index (κ3) is 3.48. The maximum Gasteiger partial charge on any atom is 0.417 e. The molecule has 0 spiro atoms. The number of nitrogens with one attached hydrogen (secondary N) is 2. The molecule has 4 rings (SSSR count). The molecule has 1 aromatic heterocycles. The number of alkyl halides is 3. The van der Waals surface area contributed by atoms with Gasteiger partial charge in [-0.25, -0.2) is 0 Å². The smallest absolute Gasteiger partial charge is 0.324 e. The number of fused-ring (bicyclic) bond motifs is 2. The first-order chi connectivity index (χ1) is 14.1. The Labute approximate surface area is 184 Å². The Morgan fingerprint density at radius 1 is 1.17 bits per heavy atom. The summed E-state index contributed by atoms with van der Waals surface area (Å²) in [7, 11) is 0. The number of amides is 1. The van der Waals surface area contributed by atoms with Gasteiger partial charge in [0.15, 0.2) is 0 Å². The minimum absolute atomic E-state index is 0.0646. The molecule has 2 atom stereocenters. The number of carbonyl (C=O) groups excluding carboxylic acids is 1. The van der Waals surface area contributed by atoms with Crippen LogP contribution in [0.3, 0.4) is 0 Å². The van der Waals surface area contributed by atoms with Gasteiger partial charge in [-0.15, -0.1) is 11.3 Å². The minimum atomic E-state index is -4.67. The van der Waals surface area contributed by atoms with Crippen molar-refractivity contribution in [2.75, 3.05) is 6.54 Å². The number of hydrogen-bond donors (Lipinski definition) is 2. The molecule has 2 unspecified atom stereocenters. The summed E-state index contributed by atoms with van der Waals surface area (Å²) in [5, 5.41) is 16.3. The van der Waals surface area contributed by atoms with Gasteiger partial charge in [-0.3, -0.25) is 15.6 Å². The topological polar surface area (TPSA) is 71.2 Å². The van der Waals surface area contributed by atoms with E-state index in [1.54, 1.807) is 12.1 Å². The van der Waals surface area contributed by atoms with Gasteiger partial charge in [-0.1, -0.05) is 29.3 Å². The minimum Gasteiger partial charge on any atom is -0.324 e. The number of carbonyl (C=O) groups is 1. The van der Waals surface area contributed by atoms with Crippen molar-refractivity contribution in [1.29, 1.82) is 10.8 Å². The summed E-state index contributed by atoms with van der Waals surface area (Å²) in [6.45, 7) is 0.214. The van der Waals surface area contributed by atoms with Crippen LogP contribution in [0.2, 0.25) is 9.36 Å². The highest BCUT2D eigenvalue weighted by atomic mass is 35.5. The molecule has 1 amide bonds. The highest BCUT2D eigenvalue weighted by Crippen LogP contribution is 2.39. The van der Waals surface area contributed by atoms with Gasteiger partial charge in [-0.05, 0) is 37.1 Å². The van der Waals surface area contributed by atoms with Crippen molar-refractivity contribution in [2.45, 2.75) is 31.1 Å². The van der Waals surface area contributed by atoms with Gasteiger partial charge >= 0.3 is 6.18 Å².